The summed E-state index contributed by atoms with van der Waals surface area (Å²) in [4.78, 5) is 13.5. The van der Waals surface area contributed by atoms with E-state index in [0.717, 1.165) is 0 Å². The lowest BCUT2D eigenvalue weighted by atomic mass is 10.00. The SMILES string of the molecule is CC(c1cc(Br)ccc1F)N(C)/C=C(CCN1CC(F)(F)C1)\C(=C/C=O)C(F)(F)F. The molecule has 1 saturated heterocycles. The predicted molar refractivity (Wildman–Crippen MR) is 105 cm³/mol. The molecule has 0 aliphatic carbocycles. The maximum absolute atomic E-state index is 14.2. The summed E-state index contributed by atoms with van der Waals surface area (Å²) in [5.41, 5.74) is -1.13. The normalized spacial score (nSPS) is 18.7. The molecule has 0 saturated carbocycles. The summed E-state index contributed by atoms with van der Waals surface area (Å²) in [6.07, 6.45) is -3.38. The second-order valence-electron chi connectivity index (χ2n) is 7.19. The zero-order valence-electron chi connectivity index (χ0n) is 16.3. The van der Waals surface area contributed by atoms with Crippen LogP contribution in [-0.2, 0) is 4.79 Å². The van der Waals surface area contributed by atoms with Gasteiger partial charge < -0.3 is 4.90 Å². The number of hydrogen-bond donors (Lipinski definition) is 0. The molecule has 30 heavy (non-hydrogen) atoms. The van der Waals surface area contributed by atoms with Crippen molar-refractivity contribution in [2.45, 2.75) is 31.5 Å². The van der Waals surface area contributed by atoms with Gasteiger partial charge in [-0.3, -0.25) is 9.69 Å². The maximum atomic E-state index is 14.2. The highest BCUT2D eigenvalue weighted by atomic mass is 79.9. The molecule has 1 aromatic carbocycles. The molecule has 1 aliphatic heterocycles. The second kappa shape index (κ2) is 9.55. The lowest BCUT2D eigenvalue weighted by Gasteiger charge is -2.39. The minimum absolute atomic E-state index is 0.0266. The number of allylic oxidation sites excluding steroid dienone is 2. The Morgan fingerprint density at radius 3 is 2.50 bits per heavy atom. The highest BCUT2D eigenvalue weighted by molar-refractivity contribution is 9.10. The molecule has 1 atom stereocenters. The van der Waals surface area contributed by atoms with Gasteiger partial charge in [-0.25, -0.2) is 13.2 Å². The van der Waals surface area contributed by atoms with Gasteiger partial charge in [0.1, 0.15) is 12.1 Å². The van der Waals surface area contributed by atoms with Gasteiger partial charge in [0.05, 0.1) is 24.7 Å². The topological polar surface area (TPSA) is 23.6 Å². The predicted octanol–water partition coefficient (Wildman–Crippen LogP) is 5.49. The molecule has 166 valence electrons. The zero-order valence-corrected chi connectivity index (χ0v) is 17.9. The number of likely N-dealkylation sites (tertiary alicyclic amines) is 1. The highest BCUT2D eigenvalue weighted by Crippen LogP contribution is 2.35. The number of carbonyl (C=O) groups is 1. The van der Waals surface area contributed by atoms with Crippen LogP contribution in [0.3, 0.4) is 0 Å². The number of halogens is 7. The molecule has 10 heteroatoms. The fourth-order valence-electron chi connectivity index (χ4n) is 3.18. The standard InChI is InChI=1S/C20H21BrF6N2O/c1-13(16-9-15(21)3-4-18(16)22)28(2)10-14(17(6-8-30)20(25,26)27)5-7-29-11-19(23,24)12-29/h3-4,6,8-10,13H,5,7,11-12H2,1-2H3/b14-10-,17-6+. The minimum Gasteiger partial charge on any atom is -0.373 e. The van der Waals surface area contributed by atoms with Crippen LogP contribution in [0.1, 0.15) is 24.9 Å². The first-order chi connectivity index (χ1) is 13.8. The van der Waals surface area contributed by atoms with E-state index in [-0.39, 0.29) is 30.4 Å². The van der Waals surface area contributed by atoms with Crippen LogP contribution in [0, 0.1) is 5.82 Å². The number of nitrogens with zero attached hydrogens (tertiary/aromatic N) is 2. The van der Waals surface area contributed by atoms with Crippen LogP contribution in [0.5, 0.6) is 0 Å². The third-order valence-electron chi connectivity index (χ3n) is 4.87. The van der Waals surface area contributed by atoms with Gasteiger partial charge in [-0.2, -0.15) is 13.2 Å². The van der Waals surface area contributed by atoms with E-state index in [0.29, 0.717) is 10.5 Å². The summed E-state index contributed by atoms with van der Waals surface area (Å²) < 4.78 is 81.3. The average molecular weight is 499 g/mol. The van der Waals surface area contributed by atoms with Crippen LogP contribution < -0.4 is 0 Å². The Morgan fingerprint density at radius 1 is 1.33 bits per heavy atom. The number of alkyl halides is 5. The summed E-state index contributed by atoms with van der Waals surface area (Å²) in [5, 5.41) is 0. The zero-order chi connectivity index (χ0) is 22.7. The molecule has 0 bridgehead atoms. The Kier molecular flexibility index (Phi) is 7.79. The summed E-state index contributed by atoms with van der Waals surface area (Å²) in [6.45, 7) is 0.551. The van der Waals surface area contributed by atoms with Crippen LogP contribution in [0.2, 0.25) is 0 Å². The number of hydrogen-bond acceptors (Lipinski definition) is 3. The van der Waals surface area contributed by atoms with Crippen molar-refractivity contribution in [3.8, 4) is 0 Å². The van der Waals surface area contributed by atoms with Gasteiger partial charge >= 0.3 is 6.18 Å². The second-order valence-corrected chi connectivity index (χ2v) is 8.11. The monoisotopic (exact) mass is 498 g/mol. The molecule has 0 aromatic heterocycles. The van der Waals surface area contributed by atoms with Crippen LogP contribution in [-0.4, -0.2) is 54.9 Å². The molecular weight excluding hydrogens is 478 g/mol. The quantitative estimate of drug-likeness (QED) is 0.205. The van der Waals surface area contributed by atoms with Crippen molar-refractivity contribution in [3.05, 3.63) is 57.5 Å². The third-order valence-corrected chi connectivity index (χ3v) is 5.37. The van der Waals surface area contributed by atoms with E-state index in [9.17, 15) is 31.1 Å². The van der Waals surface area contributed by atoms with Crippen LogP contribution in [0.4, 0.5) is 26.3 Å². The third kappa shape index (κ3) is 6.34. The van der Waals surface area contributed by atoms with Crippen LogP contribution >= 0.6 is 15.9 Å². The first-order valence-electron chi connectivity index (χ1n) is 9.05. The minimum atomic E-state index is -4.81. The van der Waals surface area contributed by atoms with Gasteiger partial charge in [0.25, 0.3) is 5.92 Å². The van der Waals surface area contributed by atoms with Crippen molar-refractivity contribution >= 4 is 22.2 Å². The van der Waals surface area contributed by atoms with E-state index in [4.69, 9.17) is 0 Å². The van der Waals surface area contributed by atoms with Crippen LogP contribution in [0.25, 0.3) is 0 Å². The number of carbonyl (C=O) groups excluding carboxylic acids is 1. The first-order valence-corrected chi connectivity index (χ1v) is 9.84. The van der Waals surface area contributed by atoms with Crippen molar-refractivity contribution in [2.24, 2.45) is 0 Å². The highest BCUT2D eigenvalue weighted by Gasteiger charge is 2.44. The molecule has 2 rings (SSSR count). The summed E-state index contributed by atoms with van der Waals surface area (Å²) in [6, 6.07) is 3.64. The van der Waals surface area contributed by atoms with E-state index in [2.05, 4.69) is 15.9 Å². The summed E-state index contributed by atoms with van der Waals surface area (Å²) in [5.74, 6) is -3.35. The molecule has 0 radical (unpaired) electrons. The summed E-state index contributed by atoms with van der Waals surface area (Å²) >= 11 is 3.23. The molecule has 0 spiro atoms. The van der Waals surface area contributed by atoms with E-state index >= 15 is 0 Å². The summed E-state index contributed by atoms with van der Waals surface area (Å²) in [7, 11) is 1.48. The van der Waals surface area contributed by atoms with Gasteiger partial charge in [-0.1, -0.05) is 15.9 Å². The van der Waals surface area contributed by atoms with Gasteiger partial charge in [-0.05, 0) is 43.2 Å². The molecule has 0 amide bonds. The Balaban J connectivity index is 2.31. The Bertz CT molecular complexity index is 829. The van der Waals surface area contributed by atoms with E-state index in [1.807, 2.05) is 0 Å². The van der Waals surface area contributed by atoms with E-state index in [1.54, 1.807) is 6.92 Å². The molecule has 1 aliphatic rings. The van der Waals surface area contributed by atoms with Crippen LogP contribution in [0.15, 0.2) is 46.1 Å². The van der Waals surface area contributed by atoms with Gasteiger partial charge in [0, 0.05) is 29.8 Å². The average Bonchev–Trinajstić information content (AvgIpc) is 2.61. The lowest BCUT2D eigenvalue weighted by molar-refractivity contribution is -0.130. The molecule has 3 nitrogen and oxygen atoms in total. The van der Waals surface area contributed by atoms with E-state index in [1.165, 1.54) is 41.2 Å². The maximum Gasteiger partial charge on any atom is 0.416 e. The molecule has 0 N–H and O–H groups in total. The van der Waals surface area contributed by atoms with Crippen molar-refractivity contribution in [2.75, 3.05) is 26.7 Å². The number of benzene rings is 1. The molecule has 1 unspecified atom stereocenters. The van der Waals surface area contributed by atoms with Gasteiger partial charge in [0.2, 0.25) is 0 Å². The number of aldehydes is 1. The van der Waals surface area contributed by atoms with Crippen molar-refractivity contribution in [3.63, 3.8) is 0 Å². The molecule has 1 fully saturated rings. The van der Waals surface area contributed by atoms with Crippen molar-refractivity contribution < 1.29 is 31.1 Å². The lowest BCUT2D eigenvalue weighted by Crippen LogP contribution is -2.56. The molecule has 1 aromatic rings. The smallest absolute Gasteiger partial charge is 0.373 e. The first kappa shape index (κ1) is 24.5. The number of rotatable bonds is 8. The molecule has 1 heterocycles. The van der Waals surface area contributed by atoms with Crippen molar-refractivity contribution in [1.29, 1.82) is 0 Å². The van der Waals surface area contributed by atoms with E-state index < -0.39 is 42.6 Å². The Hall–Kier alpha value is -1.81. The van der Waals surface area contributed by atoms with Gasteiger partial charge in [0.15, 0.2) is 0 Å². The fourth-order valence-corrected chi connectivity index (χ4v) is 3.56. The van der Waals surface area contributed by atoms with Gasteiger partial charge in [-0.15, -0.1) is 0 Å². The molecular formula is C20H21BrF6N2O. The largest absolute Gasteiger partial charge is 0.416 e. The fraction of sp³-hybridized carbons (Fsp3) is 0.450. The Labute approximate surface area is 179 Å². The van der Waals surface area contributed by atoms with Crippen molar-refractivity contribution in [1.82, 2.24) is 9.80 Å². The Morgan fingerprint density at radius 2 is 1.97 bits per heavy atom.